The minimum atomic E-state index is -4.89. The van der Waals surface area contributed by atoms with Crippen LogP contribution in [0, 0.1) is 30.2 Å². The molecule has 0 heterocycles. The lowest BCUT2D eigenvalue weighted by Gasteiger charge is -2.18. The molecule has 4 nitrogen and oxygen atoms in total. The van der Waals surface area contributed by atoms with Crippen LogP contribution < -0.4 is 9.46 Å². The lowest BCUT2D eigenvalue weighted by atomic mass is 10.0. The van der Waals surface area contributed by atoms with Crippen molar-refractivity contribution in [2.24, 2.45) is 0 Å². The standard InChI is InChI=1S/C16H15F4NO3S/c1-8-6-4-5-7-10(8)9(2)21-25(22,23)16-13(19)11(17)15(24-3)12(18)14(16)20/h4-7,9,21H,1-3H3. The molecule has 0 radical (unpaired) electrons. The van der Waals surface area contributed by atoms with Crippen molar-refractivity contribution in [2.75, 3.05) is 7.11 Å². The van der Waals surface area contributed by atoms with E-state index >= 15 is 0 Å². The Morgan fingerprint density at radius 1 is 1.00 bits per heavy atom. The van der Waals surface area contributed by atoms with Crippen molar-refractivity contribution in [1.82, 2.24) is 4.72 Å². The molecule has 0 saturated heterocycles. The zero-order valence-corrected chi connectivity index (χ0v) is 14.3. The number of hydrogen-bond donors (Lipinski definition) is 1. The molecular weight excluding hydrogens is 362 g/mol. The molecule has 0 aliphatic heterocycles. The summed E-state index contributed by atoms with van der Waals surface area (Å²) in [5, 5.41) is 0. The average Bonchev–Trinajstić information content (AvgIpc) is 2.53. The van der Waals surface area contributed by atoms with Crippen LogP contribution in [0.2, 0.25) is 0 Å². The van der Waals surface area contributed by atoms with Gasteiger partial charge in [0, 0.05) is 6.04 Å². The summed E-state index contributed by atoms with van der Waals surface area (Å²) >= 11 is 0. The highest BCUT2D eigenvalue weighted by Crippen LogP contribution is 2.33. The number of rotatable bonds is 5. The lowest BCUT2D eigenvalue weighted by Crippen LogP contribution is -2.29. The normalized spacial score (nSPS) is 12.9. The summed E-state index contributed by atoms with van der Waals surface area (Å²) in [7, 11) is -4.09. The maximum Gasteiger partial charge on any atom is 0.247 e. The second-order valence-electron chi connectivity index (χ2n) is 5.32. The predicted molar refractivity (Wildman–Crippen MR) is 82.7 cm³/mol. The predicted octanol–water partition coefficient (Wildman–Crippen LogP) is 3.60. The quantitative estimate of drug-likeness (QED) is 0.640. The summed E-state index contributed by atoms with van der Waals surface area (Å²) in [6.45, 7) is 3.15. The minimum absolute atomic E-state index is 0.543. The molecule has 0 saturated carbocycles. The molecule has 136 valence electrons. The minimum Gasteiger partial charge on any atom is -0.491 e. The first kappa shape index (κ1) is 19.2. The average molecular weight is 377 g/mol. The molecule has 0 aliphatic rings. The highest BCUT2D eigenvalue weighted by Gasteiger charge is 2.34. The summed E-state index contributed by atoms with van der Waals surface area (Å²) in [5.74, 6) is -9.29. The van der Waals surface area contributed by atoms with Gasteiger partial charge in [0.1, 0.15) is 0 Å². The van der Waals surface area contributed by atoms with Gasteiger partial charge in [-0.2, -0.15) is 8.78 Å². The molecular formula is C16H15F4NO3S. The van der Waals surface area contributed by atoms with Crippen LogP contribution in [0.5, 0.6) is 5.75 Å². The van der Waals surface area contributed by atoms with Crippen LogP contribution in [0.3, 0.4) is 0 Å². The molecule has 0 spiro atoms. The Kier molecular flexibility index (Phi) is 5.38. The van der Waals surface area contributed by atoms with Gasteiger partial charge in [-0.3, -0.25) is 0 Å². The number of hydrogen-bond acceptors (Lipinski definition) is 3. The van der Waals surface area contributed by atoms with Crippen LogP contribution in [-0.4, -0.2) is 15.5 Å². The molecule has 25 heavy (non-hydrogen) atoms. The van der Waals surface area contributed by atoms with Gasteiger partial charge in [-0.1, -0.05) is 24.3 Å². The molecule has 2 aromatic rings. The third-order valence-electron chi connectivity index (χ3n) is 3.64. The summed E-state index contributed by atoms with van der Waals surface area (Å²) in [4.78, 5) is -1.73. The first-order valence-electron chi connectivity index (χ1n) is 7.09. The Labute approximate surface area is 142 Å². The molecule has 2 aromatic carbocycles. The zero-order chi connectivity index (χ0) is 18.9. The number of halogens is 4. The van der Waals surface area contributed by atoms with Crippen LogP contribution in [0.25, 0.3) is 0 Å². The lowest BCUT2D eigenvalue weighted by molar-refractivity contribution is 0.322. The van der Waals surface area contributed by atoms with E-state index in [1.54, 1.807) is 31.2 Å². The van der Waals surface area contributed by atoms with Crippen molar-refractivity contribution in [3.8, 4) is 5.75 Å². The smallest absolute Gasteiger partial charge is 0.247 e. The fourth-order valence-electron chi connectivity index (χ4n) is 2.43. The van der Waals surface area contributed by atoms with E-state index in [0.717, 1.165) is 12.7 Å². The Bertz CT molecular complexity index is 887. The number of methoxy groups -OCH3 is 1. The Hall–Kier alpha value is -2.13. The van der Waals surface area contributed by atoms with Gasteiger partial charge < -0.3 is 4.74 Å². The summed E-state index contributed by atoms with van der Waals surface area (Å²) in [5.41, 5.74) is 1.27. The number of ether oxygens (including phenoxy) is 1. The van der Waals surface area contributed by atoms with Gasteiger partial charge in [0.25, 0.3) is 0 Å². The first-order chi connectivity index (χ1) is 11.6. The van der Waals surface area contributed by atoms with E-state index in [2.05, 4.69) is 4.74 Å². The maximum absolute atomic E-state index is 14.0. The van der Waals surface area contributed by atoms with Crippen LogP contribution in [0.4, 0.5) is 17.6 Å². The number of aryl methyl sites for hydroxylation is 1. The van der Waals surface area contributed by atoms with Crippen LogP contribution in [0.1, 0.15) is 24.1 Å². The third-order valence-corrected chi connectivity index (χ3v) is 5.20. The van der Waals surface area contributed by atoms with E-state index < -0.39 is 50.0 Å². The molecule has 0 aliphatic carbocycles. The molecule has 1 unspecified atom stereocenters. The molecule has 2 rings (SSSR count). The SMILES string of the molecule is COc1c(F)c(F)c(S(=O)(=O)NC(C)c2ccccc2C)c(F)c1F. The zero-order valence-electron chi connectivity index (χ0n) is 13.5. The van der Waals surface area contributed by atoms with Gasteiger partial charge in [0.05, 0.1) is 7.11 Å². The molecule has 0 aromatic heterocycles. The molecule has 0 amide bonds. The maximum atomic E-state index is 14.0. The first-order valence-corrected chi connectivity index (χ1v) is 8.58. The molecule has 0 bridgehead atoms. The highest BCUT2D eigenvalue weighted by atomic mass is 32.2. The summed E-state index contributed by atoms with van der Waals surface area (Å²) < 4.78 is 86.5. The van der Waals surface area contributed by atoms with Crippen molar-refractivity contribution in [1.29, 1.82) is 0 Å². The monoisotopic (exact) mass is 377 g/mol. The topological polar surface area (TPSA) is 55.4 Å². The van der Waals surface area contributed by atoms with E-state index in [4.69, 9.17) is 0 Å². The van der Waals surface area contributed by atoms with E-state index in [1.807, 2.05) is 4.72 Å². The number of nitrogens with one attached hydrogen (secondary N) is 1. The van der Waals surface area contributed by atoms with Gasteiger partial charge in [-0.25, -0.2) is 21.9 Å². The molecule has 0 fully saturated rings. The van der Waals surface area contributed by atoms with Crippen molar-refractivity contribution >= 4 is 10.0 Å². The van der Waals surface area contributed by atoms with Crippen LogP contribution >= 0.6 is 0 Å². The fraction of sp³-hybridized carbons (Fsp3) is 0.250. The third kappa shape index (κ3) is 3.47. The van der Waals surface area contributed by atoms with Crippen LogP contribution in [-0.2, 0) is 10.0 Å². The second kappa shape index (κ2) is 7.01. The fourth-order valence-corrected chi connectivity index (χ4v) is 3.80. The van der Waals surface area contributed by atoms with Crippen LogP contribution in [0.15, 0.2) is 29.2 Å². The van der Waals surface area contributed by atoms with E-state index in [1.165, 1.54) is 6.92 Å². The molecule has 1 N–H and O–H groups in total. The number of benzene rings is 2. The van der Waals surface area contributed by atoms with Gasteiger partial charge in [-0.15, -0.1) is 0 Å². The van der Waals surface area contributed by atoms with E-state index in [9.17, 15) is 26.0 Å². The van der Waals surface area contributed by atoms with Gasteiger partial charge in [0.2, 0.25) is 21.7 Å². The van der Waals surface area contributed by atoms with E-state index in [0.29, 0.717) is 5.56 Å². The highest BCUT2D eigenvalue weighted by molar-refractivity contribution is 7.89. The Morgan fingerprint density at radius 2 is 1.52 bits per heavy atom. The largest absolute Gasteiger partial charge is 0.491 e. The molecule has 9 heteroatoms. The van der Waals surface area contributed by atoms with Crippen molar-refractivity contribution in [3.05, 3.63) is 58.7 Å². The second-order valence-corrected chi connectivity index (χ2v) is 6.97. The summed E-state index contributed by atoms with van der Waals surface area (Å²) in [6, 6.07) is 5.82. The summed E-state index contributed by atoms with van der Waals surface area (Å²) in [6.07, 6.45) is 0. The van der Waals surface area contributed by atoms with E-state index in [-0.39, 0.29) is 0 Å². The number of sulfonamides is 1. The van der Waals surface area contributed by atoms with Gasteiger partial charge in [0.15, 0.2) is 22.3 Å². The Morgan fingerprint density at radius 3 is 2.00 bits per heavy atom. The molecule has 1 atom stereocenters. The Balaban J connectivity index is 2.53. The van der Waals surface area contributed by atoms with Crippen molar-refractivity contribution in [3.63, 3.8) is 0 Å². The van der Waals surface area contributed by atoms with Gasteiger partial charge >= 0.3 is 0 Å². The van der Waals surface area contributed by atoms with Gasteiger partial charge in [-0.05, 0) is 25.0 Å². The van der Waals surface area contributed by atoms with Crippen molar-refractivity contribution < 1.29 is 30.7 Å². The van der Waals surface area contributed by atoms with Crippen molar-refractivity contribution in [2.45, 2.75) is 24.8 Å².